The van der Waals surface area contributed by atoms with Crippen LogP contribution < -0.4 is 0 Å². The zero-order valence-corrected chi connectivity index (χ0v) is 14.0. The van der Waals surface area contributed by atoms with Crippen LogP contribution in [0.2, 0.25) is 0 Å². The van der Waals surface area contributed by atoms with E-state index in [0.29, 0.717) is 26.2 Å². The summed E-state index contributed by atoms with van der Waals surface area (Å²) in [5.41, 5.74) is 1.76. The third-order valence-corrected chi connectivity index (χ3v) is 3.54. The lowest BCUT2D eigenvalue weighted by Gasteiger charge is -2.18. The highest BCUT2D eigenvalue weighted by atomic mass is 16.5. The largest absolute Gasteiger partial charge is 0.464 e. The highest BCUT2D eigenvalue weighted by Crippen LogP contribution is 2.24. The number of allylic oxidation sites excluding steroid dienone is 1. The fourth-order valence-corrected chi connectivity index (χ4v) is 2.36. The van der Waals surface area contributed by atoms with E-state index >= 15 is 0 Å². The van der Waals surface area contributed by atoms with E-state index in [0.717, 1.165) is 37.0 Å². The van der Waals surface area contributed by atoms with Crippen molar-refractivity contribution in [1.29, 1.82) is 5.26 Å². The van der Waals surface area contributed by atoms with Crippen molar-refractivity contribution in [3.63, 3.8) is 0 Å². The van der Waals surface area contributed by atoms with Crippen molar-refractivity contribution in [2.75, 3.05) is 40.6 Å². The van der Waals surface area contributed by atoms with Crippen LogP contribution in [0.4, 0.5) is 0 Å². The lowest BCUT2D eigenvalue weighted by atomic mass is 9.89. The van der Waals surface area contributed by atoms with Gasteiger partial charge in [-0.25, -0.2) is 0 Å². The van der Waals surface area contributed by atoms with Crippen molar-refractivity contribution in [3.8, 4) is 6.07 Å². The van der Waals surface area contributed by atoms with Gasteiger partial charge in [-0.2, -0.15) is 5.26 Å². The normalized spacial score (nSPS) is 17.4. The lowest BCUT2D eigenvalue weighted by Crippen LogP contribution is -2.22. The van der Waals surface area contributed by atoms with Crippen molar-refractivity contribution in [3.05, 3.63) is 11.6 Å². The zero-order valence-electron chi connectivity index (χ0n) is 14.0. The van der Waals surface area contributed by atoms with E-state index in [4.69, 9.17) is 14.2 Å². The van der Waals surface area contributed by atoms with Crippen LogP contribution in [0.3, 0.4) is 0 Å². The topological polar surface area (TPSA) is 80.9 Å². The summed E-state index contributed by atoms with van der Waals surface area (Å²) in [6.45, 7) is 2.19. The van der Waals surface area contributed by atoms with Gasteiger partial charge >= 0.3 is 5.97 Å². The molecule has 23 heavy (non-hydrogen) atoms. The number of carbonyl (C=O) groups is 1. The van der Waals surface area contributed by atoms with Crippen LogP contribution in [0.15, 0.2) is 16.6 Å². The van der Waals surface area contributed by atoms with Crippen LogP contribution in [0, 0.1) is 17.2 Å². The Morgan fingerprint density at radius 3 is 2.70 bits per heavy atom. The van der Waals surface area contributed by atoms with Gasteiger partial charge in [-0.1, -0.05) is 0 Å². The van der Waals surface area contributed by atoms with Crippen LogP contribution >= 0.6 is 0 Å². The molecule has 0 bridgehead atoms. The molecular weight excluding hydrogens is 296 g/mol. The van der Waals surface area contributed by atoms with E-state index in [1.165, 1.54) is 0 Å². The van der Waals surface area contributed by atoms with Gasteiger partial charge < -0.3 is 14.2 Å². The molecule has 0 fully saturated rings. The first kappa shape index (κ1) is 19.3. The van der Waals surface area contributed by atoms with Gasteiger partial charge in [0.25, 0.3) is 0 Å². The molecule has 1 atom stereocenters. The van der Waals surface area contributed by atoms with Crippen molar-refractivity contribution < 1.29 is 19.0 Å². The maximum atomic E-state index is 12.1. The lowest BCUT2D eigenvalue weighted by molar-refractivity contribution is -0.145. The summed E-state index contributed by atoms with van der Waals surface area (Å²) in [5, 5.41) is 9.31. The molecule has 1 rings (SSSR count). The third-order valence-electron chi connectivity index (χ3n) is 3.54. The SMILES string of the molecule is COCCCN=C1C=C(C(C#N)C(=O)OCCCOC)CCC1. The van der Waals surface area contributed by atoms with Crippen LogP contribution in [0.1, 0.15) is 32.1 Å². The van der Waals surface area contributed by atoms with Crippen LogP contribution in [0.25, 0.3) is 0 Å². The molecule has 1 unspecified atom stereocenters. The number of hydrogen-bond acceptors (Lipinski definition) is 6. The molecule has 1 aliphatic carbocycles. The van der Waals surface area contributed by atoms with Gasteiger partial charge in [0.1, 0.15) is 0 Å². The summed E-state index contributed by atoms with van der Waals surface area (Å²) in [4.78, 5) is 16.6. The van der Waals surface area contributed by atoms with Gasteiger partial charge in [-0.3, -0.25) is 9.79 Å². The zero-order chi connectivity index (χ0) is 16.9. The number of nitrogens with zero attached hydrogens (tertiary/aromatic N) is 2. The second kappa shape index (κ2) is 11.8. The Bertz CT molecular complexity index is 466. The molecule has 0 N–H and O–H groups in total. The molecular formula is C17H26N2O4. The molecule has 128 valence electrons. The molecule has 0 aromatic carbocycles. The third kappa shape index (κ3) is 7.40. The number of rotatable bonds is 10. The highest BCUT2D eigenvalue weighted by Gasteiger charge is 2.26. The number of aliphatic imine (C=N–C) groups is 1. The first-order valence-corrected chi connectivity index (χ1v) is 8.00. The van der Waals surface area contributed by atoms with Gasteiger partial charge in [0, 0.05) is 46.1 Å². The quantitative estimate of drug-likeness (QED) is 0.455. The number of carbonyl (C=O) groups excluding carboxylic acids is 1. The van der Waals surface area contributed by atoms with Crippen LogP contribution in [-0.4, -0.2) is 52.3 Å². The van der Waals surface area contributed by atoms with E-state index in [-0.39, 0.29) is 6.61 Å². The summed E-state index contributed by atoms with van der Waals surface area (Å²) in [7, 11) is 3.27. The van der Waals surface area contributed by atoms with Gasteiger partial charge in [0.2, 0.25) is 0 Å². The molecule has 1 aliphatic rings. The average molecular weight is 322 g/mol. The summed E-state index contributed by atoms with van der Waals surface area (Å²) in [6.07, 6.45) is 5.92. The van der Waals surface area contributed by atoms with Gasteiger partial charge in [-0.05, 0) is 37.3 Å². The van der Waals surface area contributed by atoms with E-state index in [9.17, 15) is 10.1 Å². The molecule has 6 heteroatoms. The summed E-state index contributed by atoms with van der Waals surface area (Å²) >= 11 is 0. The molecule has 0 heterocycles. The summed E-state index contributed by atoms with van der Waals surface area (Å²) in [5.74, 6) is -1.31. The minimum absolute atomic E-state index is 0.274. The molecule has 6 nitrogen and oxygen atoms in total. The molecule has 0 saturated heterocycles. The minimum Gasteiger partial charge on any atom is -0.464 e. The van der Waals surface area contributed by atoms with E-state index in [1.807, 2.05) is 6.08 Å². The second-order valence-electron chi connectivity index (χ2n) is 5.37. The van der Waals surface area contributed by atoms with Crippen molar-refractivity contribution in [1.82, 2.24) is 0 Å². The van der Waals surface area contributed by atoms with E-state index in [2.05, 4.69) is 11.1 Å². The Balaban J connectivity index is 2.59. The molecule has 0 radical (unpaired) electrons. The van der Waals surface area contributed by atoms with E-state index < -0.39 is 11.9 Å². The van der Waals surface area contributed by atoms with Crippen molar-refractivity contribution >= 4 is 11.7 Å². The van der Waals surface area contributed by atoms with Crippen molar-refractivity contribution in [2.24, 2.45) is 10.9 Å². The first-order chi connectivity index (χ1) is 11.2. The predicted molar refractivity (Wildman–Crippen MR) is 87.3 cm³/mol. The molecule has 0 saturated carbocycles. The summed E-state index contributed by atoms with van der Waals surface area (Å²) in [6, 6.07) is 2.06. The van der Waals surface area contributed by atoms with Gasteiger partial charge in [0.05, 0.1) is 12.7 Å². The Morgan fingerprint density at radius 2 is 2.00 bits per heavy atom. The Kier molecular flexibility index (Phi) is 9.92. The van der Waals surface area contributed by atoms with Gasteiger partial charge in [0.15, 0.2) is 5.92 Å². The smallest absolute Gasteiger partial charge is 0.327 e. The van der Waals surface area contributed by atoms with Gasteiger partial charge in [-0.15, -0.1) is 0 Å². The molecule has 0 aromatic rings. The highest BCUT2D eigenvalue weighted by molar-refractivity contribution is 5.97. The number of ether oxygens (including phenoxy) is 3. The number of esters is 1. The Morgan fingerprint density at radius 1 is 1.26 bits per heavy atom. The monoisotopic (exact) mass is 322 g/mol. The molecule has 0 spiro atoms. The maximum absolute atomic E-state index is 12.1. The fourth-order valence-electron chi connectivity index (χ4n) is 2.36. The minimum atomic E-state index is -0.831. The maximum Gasteiger partial charge on any atom is 0.327 e. The van der Waals surface area contributed by atoms with Crippen molar-refractivity contribution in [2.45, 2.75) is 32.1 Å². The number of nitriles is 1. The fraction of sp³-hybridized carbons (Fsp3) is 0.706. The predicted octanol–water partition coefficient (Wildman–Crippen LogP) is 2.29. The molecule has 0 aromatic heterocycles. The van der Waals surface area contributed by atoms with E-state index in [1.54, 1.807) is 14.2 Å². The summed E-state index contributed by atoms with van der Waals surface area (Å²) < 4.78 is 15.1. The Hall–Kier alpha value is -1.71. The number of methoxy groups -OCH3 is 2. The molecule has 0 amide bonds. The first-order valence-electron chi connectivity index (χ1n) is 8.00. The standard InChI is InChI=1S/C17H26N2O4/c1-21-9-4-8-19-15-7-3-6-14(12-15)16(13-18)17(20)23-11-5-10-22-2/h12,16H,3-11H2,1-2H3. The van der Waals surface area contributed by atoms with Crippen LogP contribution in [-0.2, 0) is 19.0 Å². The number of hydrogen-bond donors (Lipinski definition) is 0. The second-order valence-corrected chi connectivity index (χ2v) is 5.37. The Labute approximate surface area is 138 Å². The molecule has 0 aliphatic heterocycles. The van der Waals surface area contributed by atoms with Crippen LogP contribution in [0.5, 0.6) is 0 Å². The average Bonchev–Trinajstić information content (AvgIpc) is 2.57.